The van der Waals surface area contributed by atoms with Crippen molar-refractivity contribution in [3.05, 3.63) is 55.9 Å². The Bertz CT molecular complexity index is 1100. The molecule has 1 aliphatic rings. The summed E-state index contributed by atoms with van der Waals surface area (Å²) in [6, 6.07) is 5.88. The third-order valence-corrected chi connectivity index (χ3v) is 7.35. The first-order valence-electron chi connectivity index (χ1n) is 9.50. The molecule has 0 bridgehead atoms. The normalized spacial score (nSPS) is 13.5. The number of carbonyl (C=O) groups is 1. The summed E-state index contributed by atoms with van der Waals surface area (Å²) in [5.41, 5.74) is 4.24. The molecule has 0 fully saturated rings. The number of rotatable bonds is 5. The van der Waals surface area contributed by atoms with E-state index in [4.69, 9.17) is 0 Å². The largest absolute Gasteiger partial charge is 0.325 e. The van der Waals surface area contributed by atoms with E-state index in [9.17, 15) is 9.59 Å². The Kier molecular flexibility index (Phi) is 5.55. The molecule has 0 unspecified atom stereocenters. The summed E-state index contributed by atoms with van der Waals surface area (Å²) in [5, 5.41) is 3.74. The van der Waals surface area contributed by atoms with Crippen molar-refractivity contribution in [3.63, 3.8) is 0 Å². The lowest BCUT2D eigenvalue weighted by molar-refractivity contribution is -0.113. The monoisotopic (exact) mass is 413 g/mol. The molecule has 0 spiro atoms. The van der Waals surface area contributed by atoms with Gasteiger partial charge in [-0.15, -0.1) is 23.1 Å². The van der Waals surface area contributed by atoms with E-state index < -0.39 is 0 Å². The predicted octanol–water partition coefficient (Wildman–Crippen LogP) is 4.35. The zero-order valence-corrected chi connectivity index (χ0v) is 17.7. The van der Waals surface area contributed by atoms with Crippen molar-refractivity contribution < 1.29 is 4.79 Å². The minimum atomic E-state index is -0.0475. The zero-order valence-electron chi connectivity index (χ0n) is 16.1. The van der Waals surface area contributed by atoms with Gasteiger partial charge in [-0.25, -0.2) is 4.98 Å². The van der Waals surface area contributed by atoms with Gasteiger partial charge in [0, 0.05) is 10.6 Å². The Balaban J connectivity index is 1.41. The quantitative estimate of drug-likeness (QED) is 0.652. The number of hydrogen-bond acceptors (Lipinski definition) is 5. The molecule has 1 aromatic carbocycles. The molecule has 0 atom stereocenters. The van der Waals surface area contributed by atoms with E-state index in [2.05, 4.69) is 15.3 Å². The first-order chi connectivity index (χ1) is 13.5. The van der Waals surface area contributed by atoms with Gasteiger partial charge in [0.2, 0.25) is 5.91 Å². The average Bonchev–Trinajstić information content (AvgIpc) is 3.04. The first kappa shape index (κ1) is 19.2. The highest BCUT2D eigenvalue weighted by atomic mass is 32.2. The molecular formula is C21H23N3O2S2. The van der Waals surface area contributed by atoms with E-state index in [-0.39, 0.29) is 11.5 Å². The Morgan fingerprint density at radius 1 is 1.29 bits per heavy atom. The minimum Gasteiger partial charge on any atom is -0.325 e. The molecule has 4 rings (SSSR count). The fourth-order valence-corrected chi connectivity index (χ4v) is 5.56. The summed E-state index contributed by atoms with van der Waals surface area (Å²) >= 11 is 3.11. The van der Waals surface area contributed by atoms with Crippen LogP contribution < -0.4 is 10.9 Å². The zero-order chi connectivity index (χ0) is 19.7. The van der Waals surface area contributed by atoms with Crippen LogP contribution in [0.3, 0.4) is 0 Å². The number of benzene rings is 1. The van der Waals surface area contributed by atoms with Crippen molar-refractivity contribution in [2.75, 3.05) is 11.1 Å². The Morgan fingerprint density at radius 3 is 2.96 bits per heavy atom. The van der Waals surface area contributed by atoms with Crippen LogP contribution >= 0.6 is 23.1 Å². The maximum Gasteiger partial charge on any atom is 0.259 e. The number of aromatic nitrogens is 2. The van der Waals surface area contributed by atoms with E-state index in [1.807, 2.05) is 32.0 Å². The number of amides is 1. The number of H-pyrrole nitrogens is 1. The molecule has 2 N–H and O–H groups in total. The van der Waals surface area contributed by atoms with E-state index in [1.54, 1.807) is 11.3 Å². The smallest absolute Gasteiger partial charge is 0.259 e. The molecule has 1 aliphatic carbocycles. The summed E-state index contributed by atoms with van der Waals surface area (Å²) in [5.74, 6) is 1.42. The van der Waals surface area contributed by atoms with Crippen molar-refractivity contribution in [2.45, 2.75) is 45.3 Å². The fourth-order valence-electron chi connectivity index (χ4n) is 3.59. The van der Waals surface area contributed by atoms with Gasteiger partial charge in [-0.3, -0.25) is 9.59 Å². The highest BCUT2D eigenvalue weighted by Crippen LogP contribution is 2.33. The van der Waals surface area contributed by atoms with Gasteiger partial charge in [-0.1, -0.05) is 12.1 Å². The molecule has 0 radical (unpaired) electrons. The lowest BCUT2D eigenvalue weighted by Gasteiger charge is -2.10. The number of carbonyl (C=O) groups excluding carboxylic acids is 1. The molecule has 2 aromatic heterocycles. The van der Waals surface area contributed by atoms with Crippen LogP contribution in [0.25, 0.3) is 10.2 Å². The standard InChI is InChI=1S/C21H23N3O2S2/c1-12-6-5-8-15(13(12)2)22-18(25)11-27-10-17-23-20(26)19-14-7-3-4-9-16(14)28-21(19)24-17/h5-6,8H,3-4,7,9-11H2,1-2H3,(H,22,25)(H,23,24,26). The highest BCUT2D eigenvalue weighted by molar-refractivity contribution is 7.99. The minimum absolute atomic E-state index is 0.0418. The van der Waals surface area contributed by atoms with Crippen LogP contribution in [0, 0.1) is 13.8 Å². The Morgan fingerprint density at radius 2 is 2.11 bits per heavy atom. The summed E-state index contributed by atoms with van der Waals surface area (Å²) in [6.07, 6.45) is 4.37. The maximum absolute atomic E-state index is 12.6. The summed E-state index contributed by atoms with van der Waals surface area (Å²) in [4.78, 5) is 34.5. The molecule has 1 amide bonds. The fraction of sp³-hybridized carbons (Fsp3) is 0.381. The van der Waals surface area contributed by atoms with Crippen LogP contribution in [0.15, 0.2) is 23.0 Å². The molecular weight excluding hydrogens is 390 g/mol. The van der Waals surface area contributed by atoms with Crippen LogP contribution in [0.4, 0.5) is 5.69 Å². The van der Waals surface area contributed by atoms with E-state index in [0.29, 0.717) is 17.3 Å². The lowest BCUT2D eigenvalue weighted by Crippen LogP contribution is -2.16. The van der Waals surface area contributed by atoms with Crippen LogP contribution in [0.5, 0.6) is 0 Å². The number of aryl methyl sites for hydroxylation is 3. The molecule has 2 heterocycles. The molecule has 0 saturated carbocycles. The van der Waals surface area contributed by atoms with Crippen molar-refractivity contribution in [3.8, 4) is 0 Å². The molecule has 7 heteroatoms. The number of thioether (sulfide) groups is 1. The number of fused-ring (bicyclic) bond motifs is 3. The number of aromatic amines is 1. The number of thiophene rings is 1. The first-order valence-corrected chi connectivity index (χ1v) is 11.5. The number of hydrogen-bond donors (Lipinski definition) is 2. The van der Waals surface area contributed by atoms with Crippen molar-refractivity contribution in [2.24, 2.45) is 0 Å². The van der Waals surface area contributed by atoms with Gasteiger partial charge < -0.3 is 10.3 Å². The van der Waals surface area contributed by atoms with Crippen LogP contribution in [-0.2, 0) is 23.4 Å². The van der Waals surface area contributed by atoms with Gasteiger partial charge >= 0.3 is 0 Å². The van der Waals surface area contributed by atoms with Crippen molar-refractivity contribution in [1.29, 1.82) is 0 Å². The van der Waals surface area contributed by atoms with Crippen molar-refractivity contribution >= 4 is 44.9 Å². The third-order valence-electron chi connectivity index (χ3n) is 5.22. The second kappa shape index (κ2) is 8.09. The SMILES string of the molecule is Cc1cccc(NC(=O)CSCc2nc3sc4c(c3c(=O)[nH]2)CCCC4)c1C. The van der Waals surface area contributed by atoms with Gasteiger partial charge in [0.25, 0.3) is 5.56 Å². The maximum atomic E-state index is 12.6. The van der Waals surface area contributed by atoms with E-state index >= 15 is 0 Å². The Hall–Kier alpha value is -2.12. The lowest BCUT2D eigenvalue weighted by atomic mass is 9.97. The summed E-state index contributed by atoms with van der Waals surface area (Å²) in [6.45, 7) is 4.03. The van der Waals surface area contributed by atoms with Gasteiger partial charge in [-0.2, -0.15) is 0 Å². The number of anilines is 1. The van der Waals surface area contributed by atoms with Crippen LogP contribution in [0.2, 0.25) is 0 Å². The van der Waals surface area contributed by atoms with Gasteiger partial charge in [-0.05, 0) is 62.3 Å². The van der Waals surface area contributed by atoms with Crippen LogP contribution in [-0.4, -0.2) is 21.6 Å². The molecule has 146 valence electrons. The van der Waals surface area contributed by atoms with Gasteiger partial charge in [0.15, 0.2) is 0 Å². The number of nitrogens with one attached hydrogen (secondary N) is 2. The second-order valence-electron chi connectivity index (χ2n) is 7.19. The predicted molar refractivity (Wildman–Crippen MR) is 118 cm³/mol. The van der Waals surface area contributed by atoms with Gasteiger partial charge in [0.05, 0.1) is 16.9 Å². The van der Waals surface area contributed by atoms with E-state index in [1.165, 1.54) is 28.6 Å². The third kappa shape index (κ3) is 3.86. The summed E-state index contributed by atoms with van der Waals surface area (Å²) < 4.78 is 0. The summed E-state index contributed by atoms with van der Waals surface area (Å²) in [7, 11) is 0. The number of nitrogens with zero attached hydrogens (tertiary/aromatic N) is 1. The Labute approximate surface area is 172 Å². The molecule has 5 nitrogen and oxygen atoms in total. The average molecular weight is 414 g/mol. The molecule has 0 aliphatic heterocycles. The van der Waals surface area contributed by atoms with Gasteiger partial charge in [0.1, 0.15) is 10.7 Å². The highest BCUT2D eigenvalue weighted by Gasteiger charge is 2.19. The topological polar surface area (TPSA) is 74.8 Å². The van der Waals surface area contributed by atoms with Crippen LogP contribution in [0.1, 0.15) is 40.2 Å². The second-order valence-corrected chi connectivity index (χ2v) is 9.26. The molecule has 3 aromatic rings. The van der Waals surface area contributed by atoms with Crippen molar-refractivity contribution in [1.82, 2.24) is 9.97 Å². The van der Waals surface area contributed by atoms with E-state index in [0.717, 1.165) is 46.3 Å². The molecule has 28 heavy (non-hydrogen) atoms. The molecule has 0 saturated heterocycles.